The Hall–Kier alpha value is -0.270. The normalized spacial score (nSPS) is 10.0. The third kappa shape index (κ3) is 4.85. The molecular weight excluding hydrogens is 325 g/mol. The van der Waals surface area contributed by atoms with E-state index in [0.29, 0.717) is 11.5 Å². The molecule has 82 valence electrons. The number of nitrogens with one attached hydrogen (secondary N) is 1. The summed E-state index contributed by atoms with van der Waals surface area (Å²) in [5.41, 5.74) is 0.840. The largest absolute Gasteiger partial charge is 0.396 e. The van der Waals surface area contributed by atoms with E-state index >= 15 is 0 Å². The van der Waals surface area contributed by atoms with Gasteiger partial charge in [0.2, 0.25) is 5.91 Å². The van der Waals surface area contributed by atoms with Gasteiger partial charge in [-0.05, 0) is 34.7 Å². The van der Waals surface area contributed by atoms with Gasteiger partial charge in [-0.15, -0.1) is 11.8 Å². The molecule has 0 unspecified atom stereocenters. The van der Waals surface area contributed by atoms with Crippen molar-refractivity contribution in [1.29, 1.82) is 0 Å². The molecule has 1 amide bonds. The van der Waals surface area contributed by atoms with Crippen LogP contribution in [0.4, 0.5) is 5.69 Å². The van der Waals surface area contributed by atoms with Crippen LogP contribution >= 0.6 is 34.4 Å². The number of carbonyl (C=O) groups is 1. The number of halogens is 1. The molecule has 0 aromatic heterocycles. The molecule has 0 aliphatic carbocycles. The Bertz CT molecular complexity index is 333. The number of aliphatic hydroxyl groups is 1. The monoisotopic (exact) mass is 337 g/mol. The minimum atomic E-state index is -0.0300. The van der Waals surface area contributed by atoms with Crippen molar-refractivity contribution < 1.29 is 9.90 Å². The van der Waals surface area contributed by atoms with Crippen LogP contribution in [-0.2, 0) is 4.79 Å². The SMILES string of the molecule is O=C(CSCCO)Nc1ccccc1I. The van der Waals surface area contributed by atoms with Gasteiger partial charge >= 0.3 is 0 Å². The highest BCUT2D eigenvalue weighted by atomic mass is 127. The van der Waals surface area contributed by atoms with E-state index in [1.807, 2.05) is 24.3 Å². The van der Waals surface area contributed by atoms with Crippen molar-refractivity contribution in [2.75, 3.05) is 23.4 Å². The summed E-state index contributed by atoms with van der Waals surface area (Å²) in [5.74, 6) is 0.947. The number of thioether (sulfide) groups is 1. The minimum absolute atomic E-state index is 0.0300. The summed E-state index contributed by atoms with van der Waals surface area (Å²) in [4.78, 5) is 11.4. The molecule has 1 aromatic rings. The average molecular weight is 337 g/mol. The Morgan fingerprint density at radius 1 is 1.47 bits per heavy atom. The molecule has 0 fully saturated rings. The molecule has 0 spiro atoms. The molecule has 0 saturated carbocycles. The number of hydrogen-bond donors (Lipinski definition) is 2. The number of benzene rings is 1. The van der Waals surface area contributed by atoms with Gasteiger partial charge in [0, 0.05) is 9.32 Å². The number of anilines is 1. The Balaban J connectivity index is 2.41. The van der Waals surface area contributed by atoms with Gasteiger partial charge < -0.3 is 10.4 Å². The van der Waals surface area contributed by atoms with Gasteiger partial charge in [0.25, 0.3) is 0 Å². The van der Waals surface area contributed by atoms with Crippen LogP contribution in [0.5, 0.6) is 0 Å². The van der Waals surface area contributed by atoms with Gasteiger partial charge in [0.1, 0.15) is 0 Å². The lowest BCUT2D eigenvalue weighted by Crippen LogP contribution is -2.15. The topological polar surface area (TPSA) is 49.3 Å². The van der Waals surface area contributed by atoms with Gasteiger partial charge in [-0.2, -0.15) is 0 Å². The van der Waals surface area contributed by atoms with Crippen molar-refractivity contribution in [2.45, 2.75) is 0 Å². The predicted octanol–water partition coefficient (Wildman–Crippen LogP) is 1.96. The van der Waals surface area contributed by atoms with E-state index in [1.165, 1.54) is 11.8 Å². The van der Waals surface area contributed by atoms with Crippen molar-refractivity contribution in [1.82, 2.24) is 0 Å². The third-order valence-corrected chi connectivity index (χ3v) is 3.49. The number of aliphatic hydroxyl groups excluding tert-OH is 1. The summed E-state index contributed by atoms with van der Waals surface area (Å²) < 4.78 is 1.02. The second kappa shape index (κ2) is 7.08. The summed E-state index contributed by atoms with van der Waals surface area (Å²) in [6.07, 6.45) is 0. The van der Waals surface area contributed by atoms with Crippen LogP contribution < -0.4 is 5.32 Å². The van der Waals surface area contributed by atoms with E-state index in [4.69, 9.17) is 5.11 Å². The molecule has 1 aromatic carbocycles. The molecule has 0 aliphatic heterocycles. The molecule has 5 heteroatoms. The Morgan fingerprint density at radius 3 is 2.87 bits per heavy atom. The first-order valence-electron chi connectivity index (χ1n) is 4.47. The maximum absolute atomic E-state index is 11.4. The average Bonchev–Trinajstić information content (AvgIpc) is 2.22. The second-order valence-corrected chi connectivity index (χ2v) is 5.07. The van der Waals surface area contributed by atoms with Gasteiger partial charge in [-0.25, -0.2) is 0 Å². The Labute approximate surface area is 107 Å². The molecule has 0 radical (unpaired) electrons. The highest BCUT2D eigenvalue weighted by Crippen LogP contribution is 2.17. The van der Waals surface area contributed by atoms with Crippen molar-refractivity contribution in [3.63, 3.8) is 0 Å². The predicted molar refractivity (Wildman–Crippen MR) is 72.2 cm³/mol. The fourth-order valence-electron chi connectivity index (χ4n) is 0.978. The van der Waals surface area contributed by atoms with Crippen LogP contribution in [0.1, 0.15) is 0 Å². The maximum atomic E-state index is 11.4. The molecule has 0 atom stereocenters. The fraction of sp³-hybridized carbons (Fsp3) is 0.300. The number of carbonyl (C=O) groups excluding carboxylic acids is 1. The highest BCUT2D eigenvalue weighted by molar-refractivity contribution is 14.1. The minimum Gasteiger partial charge on any atom is -0.396 e. The maximum Gasteiger partial charge on any atom is 0.234 e. The highest BCUT2D eigenvalue weighted by Gasteiger charge is 2.04. The fourth-order valence-corrected chi connectivity index (χ4v) is 2.03. The van der Waals surface area contributed by atoms with E-state index in [-0.39, 0.29) is 12.5 Å². The molecule has 0 saturated heterocycles. The second-order valence-electron chi connectivity index (χ2n) is 2.80. The van der Waals surface area contributed by atoms with Gasteiger partial charge in [0.15, 0.2) is 0 Å². The summed E-state index contributed by atoms with van der Waals surface area (Å²) in [6.45, 7) is 0.112. The van der Waals surface area contributed by atoms with E-state index in [2.05, 4.69) is 27.9 Å². The van der Waals surface area contributed by atoms with Gasteiger partial charge in [-0.1, -0.05) is 12.1 Å². The van der Waals surface area contributed by atoms with E-state index in [1.54, 1.807) is 0 Å². The standard InChI is InChI=1S/C10H12INO2S/c11-8-3-1-2-4-9(8)12-10(14)7-15-6-5-13/h1-4,13H,5-7H2,(H,12,14). The molecule has 0 bridgehead atoms. The summed E-state index contributed by atoms with van der Waals surface area (Å²) in [6, 6.07) is 7.63. The van der Waals surface area contributed by atoms with Gasteiger partial charge in [-0.3, -0.25) is 4.79 Å². The van der Waals surface area contributed by atoms with Crippen molar-refractivity contribution in [2.24, 2.45) is 0 Å². The van der Waals surface area contributed by atoms with Crippen LogP contribution in [0.15, 0.2) is 24.3 Å². The first kappa shape index (κ1) is 12.8. The van der Waals surface area contributed by atoms with Crippen LogP contribution in [0.2, 0.25) is 0 Å². The van der Waals surface area contributed by atoms with Crippen LogP contribution in [-0.4, -0.2) is 29.1 Å². The van der Waals surface area contributed by atoms with Crippen molar-refractivity contribution in [3.05, 3.63) is 27.8 Å². The van der Waals surface area contributed by atoms with E-state index in [0.717, 1.165) is 9.26 Å². The zero-order valence-electron chi connectivity index (χ0n) is 8.07. The number of rotatable bonds is 5. The summed E-state index contributed by atoms with van der Waals surface area (Å²) in [7, 11) is 0. The number of amides is 1. The molecule has 1 rings (SSSR count). The van der Waals surface area contributed by atoms with Gasteiger partial charge in [0.05, 0.1) is 18.0 Å². The van der Waals surface area contributed by atoms with Crippen LogP contribution in [0.3, 0.4) is 0 Å². The summed E-state index contributed by atoms with van der Waals surface area (Å²) >= 11 is 3.60. The lowest BCUT2D eigenvalue weighted by molar-refractivity contribution is -0.113. The van der Waals surface area contributed by atoms with E-state index in [9.17, 15) is 4.79 Å². The molecular formula is C10H12INO2S. The van der Waals surface area contributed by atoms with Crippen molar-refractivity contribution in [3.8, 4) is 0 Å². The number of para-hydroxylation sites is 1. The zero-order valence-corrected chi connectivity index (χ0v) is 11.0. The smallest absolute Gasteiger partial charge is 0.234 e. The molecule has 2 N–H and O–H groups in total. The Morgan fingerprint density at radius 2 is 2.20 bits per heavy atom. The molecule has 0 heterocycles. The molecule has 15 heavy (non-hydrogen) atoms. The number of hydrogen-bond acceptors (Lipinski definition) is 3. The summed E-state index contributed by atoms with van der Waals surface area (Å²) in [5, 5.41) is 11.4. The van der Waals surface area contributed by atoms with Crippen LogP contribution in [0, 0.1) is 3.57 Å². The van der Waals surface area contributed by atoms with Crippen LogP contribution in [0.25, 0.3) is 0 Å². The van der Waals surface area contributed by atoms with Crippen molar-refractivity contribution >= 4 is 45.9 Å². The molecule has 3 nitrogen and oxygen atoms in total. The first-order valence-corrected chi connectivity index (χ1v) is 6.70. The van der Waals surface area contributed by atoms with E-state index < -0.39 is 0 Å². The lowest BCUT2D eigenvalue weighted by Gasteiger charge is -2.06. The zero-order chi connectivity index (χ0) is 11.1. The lowest BCUT2D eigenvalue weighted by atomic mass is 10.3. The third-order valence-electron chi connectivity index (χ3n) is 1.62. The first-order chi connectivity index (χ1) is 7.24. The molecule has 0 aliphatic rings. The Kier molecular flexibility index (Phi) is 6.04. The quantitative estimate of drug-likeness (QED) is 0.638.